The molecule has 0 fully saturated rings. The van der Waals surface area contributed by atoms with E-state index in [4.69, 9.17) is 16.3 Å². The molecular weight excluding hydrogens is 362 g/mol. The molecule has 5 nitrogen and oxygen atoms in total. The number of nitrogens with one attached hydrogen (secondary N) is 1. The van der Waals surface area contributed by atoms with Crippen LogP contribution in [0.25, 0.3) is 0 Å². The zero-order valence-electron chi connectivity index (χ0n) is 14.7. The van der Waals surface area contributed by atoms with Crippen LogP contribution < -0.4 is 10.2 Å². The molecule has 0 radical (unpaired) electrons. The van der Waals surface area contributed by atoms with Crippen LogP contribution in [0.4, 0.5) is 0 Å². The highest BCUT2D eigenvalue weighted by atomic mass is 35.5. The lowest BCUT2D eigenvalue weighted by molar-refractivity contribution is 0.0955. The summed E-state index contributed by atoms with van der Waals surface area (Å²) in [6, 6.07) is 19.9. The molecule has 1 N–H and O–H groups in total. The Balaban J connectivity index is 1.56. The van der Waals surface area contributed by atoms with Gasteiger partial charge in [-0.15, -0.1) is 0 Å². The van der Waals surface area contributed by atoms with E-state index in [9.17, 15) is 4.79 Å². The van der Waals surface area contributed by atoms with Crippen molar-refractivity contribution in [2.24, 2.45) is 5.10 Å². The summed E-state index contributed by atoms with van der Waals surface area (Å²) in [5.74, 6) is 0.455. The van der Waals surface area contributed by atoms with E-state index in [2.05, 4.69) is 15.5 Å². The average Bonchev–Trinajstić information content (AvgIpc) is 2.72. The zero-order valence-corrected chi connectivity index (χ0v) is 15.5. The van der Waals surface area contributed by atoms with Crippen LogP contribution in [0.5, 0.6) is 5.75 Å². The molecule has 0 bridgehead atoms. The van der Waals surface area contributed by atoms with Crippen LogP contribution in [-0.4, -0.2) is 16.6 Å². The number of pyridine rings is 1. The number of amides is 1. The Hall–Kier alpha value is -3.18. The fourth-order valence-electron chi connectivity index (χ4n) is 2.28. The fourth-order valence-corrected chi connectivity index (χ4v) is 2.41. The van der Waals surface area contributed by atoms with E-state index in [0.717, 1.165) is 11.3 Å². The van der Waals surface area contributed by atoms with Crippen LogP contribution in [0, 0.1) is 0 Å². The Bertz CT molecular complexity index is 924. The van der Waals surface area contributed by atoms with Gasteiger partial charge in [-0.25, -0.2) is 5.43 Å². The Labute approximate surface area is 162 Å². The SMILES string of the molecule is C/C(=N\NC(=O)c1ccc(COc2ccc(Cl)cc2)cc1)c1ccccn1. The molecule has 0 atom stereocenters. The average molecular weight is 380 g/mol. The number of aromatic nitrogens is 1. The molecule has 0 aliphatic carbocycles. The van der Waals surface area contributed by atoms with Crippen molar-refractivity contribution in [2.75, 3.05) is 0 Å². The summed E-state index contributed by atoms with van der Waals surface area (Å²) in [5.41, 5.74) is 5.37. The Kier molecular flexibility index (Phi) is 6.18. The summed E-state index contributed by atoms with van der Waals surface area (Å²) < 4.78 is 5.69. The first kappa shape index (κ1) is 18.6. The first-order chi connectivity index (χ1) is 13.1. The predicted molar refractivity (Wildman–Crippen MR) is 106 cm³/mol. The lowest BCUT2D eigenvalue weighted by Crippen LogP contribution is -2.19. The number of halogens is 1. The van der Waals surface area contributed by atoms with E-state index >= 15 is 0 Å². The first-order valence-electron chi connectivity index (χ1n) is 8.35. The molecule has 1 heterocycles. The Morgan fingerprint density at radius 3 is 2.48 bits per heavy atom. The van der Waals surface area contributed by atoms with Gasteiger partial charge in [0.25, 0.3) is 5.91 Å². The van der Waals surface area contributed by atoms with Gasteiger partial charge in [-0.05, 0) is 61.0 Å². The summed E-state index contributed by atoms with van der Waals surface area (Å²) in [7, 11) is 0. The minimum absolute atomic E-state index is 0.282. The van der Waals surface area contributed by atoms with E-state index in [0.29, 0.717) is 28.6 Å². The van der Waals surface area contributed by atoms with Crippen LogP contribution in [0.2, 0.25) is 5.02 Å². The highest BCUT2D eigenvalue weighted by Gasteiger charge is 2.06. The quantitative estimate of drug-likeness (QED) is 0.507. The van der Waals surface area contributed by atoms with Crippen molar-refractivity contribution in [3.8, 4) is 5.75 Å². The molecule has 136 valence electrons. The van der Waals surface area contributed by atoms with Crippen molar-refractivity contribution in [1.82, 2.24) is 10.4 Å². The molecule has 0 saturated heterocycles. The fraction of sp³-hybridized carbons (Fsp3) is 0.0952. The molecule has 6 heteroatoms. The van der Waals surface area contributed by atoms with E-state index in [1.807, 2.05) is 42.5 Å². The second-order valence-electron chi connectivity index (χ2n) is 5.79. The van der Waals surface area contributed by atoms with Gasteiger partial charge >= 0.3 is 0 Å². The van der Waals surface area contributed by atoms with Crippen LogP contribution in [0.1, 0.15) is 28.5 Å². The van der Waals surface area contributed by atoms with Crippen molar-refractivity contribution in [3.05, 3.63) is 94.8 Å². The summed E-state index contributed by atoms with van der Waals surface area (Å²) in [4.78, 5) is 16.4. The lowest BCUT2D eigenvalue weighted by atomic mass is 10.1. The molecule has 0 saturated carbocycles. The third-order valence-corrected chi connectivity index (χ3v) is 4.05. The maximum absolute atomic E-state index is 12.2. The van der Waals surface area contributed by atoms with Gasteiger partial charge in [0.05, 0.1) is 11.4 Å². The van der Waals surface area contributed by atoms with Gasteiger partial charge < -0.3 is 4.74 Å². The molecule has 3 rings (SSSR count). The van der Waals surface area contributed by atoms with E-state index in [1.165, 1.54) is 0 Å². The molecule has 0 spiro atoms. The van der Waals surface area contributed by atoms with E-state index < -0.39 is 0 Å². The summed E-state index contributed by atoms with van der Waals surface area (Å²) in [6.45, 7) is 2.19. The van der Waals surface area contributed by atoms with Crippen molar-refractivity contribution in [2.45, 2.75) is 13.5 Å². The normalized spacial score (nSPS) is 11.1. The topological polar surface area (TPSA) is 63.6 Å². The lowest BCUT2D eigenvalue weighted by Gasteiger charge is -2.07. The van der Waals surface area contributed by atoms with Crippen LogP contribution in [0.15, 0.2) is 78.0 Å². The van der Waals surface area contributed by atoms with E-state index in [1.54, 1.807) is 37.4 Å². The van der Waals surface area contributed by atoms with Gasteiger partial charge in [-0.1, -0.05) is 29.8 Å². The number of nitrogens with zero attached hydrogens (tertiary/aromatic N) is 2. The minimum Gasteiger partial charge on any atom is -0.489 e. The highest BCUT2D eigenvalue weighted by Crippen LogP contribution is 2.17. The molecule has 1 amide bonds. The smallest absolute Gasteiger partial charge is 0.271 e. The number of hydrazone groups is 1. The summed E-state index contributed by atoms with van der Waals surface area (Å²) in [6.07, 6.45) is 1.68. The molecule has 0 aliphatic heterocycles. The van der Waals surface area contributed by atoms with Gasteiger partial charge in [-0.2, -0.15) is 5.10 Å². The van der Waals surface area contributed by atoms with Crippen molar-refractivity contribution < 1.29 is 9.53 Å². The number of rotatable bonds is 6. The molecule has 27 heavy (non-hydrogen) atoms. The van der Waals surface area contributed by atoms with Crippen LogP contribution in [0.3, 0.4) is 0 Å². The zero-order chi connectivity index (χ0) is 19.1. The monoisotopic (exact) mass is 379 g/mol. The standard InChI is InChI=1S/C21H18ClN3O2/c1-15(20-4-2-3-13-23-20)24-25-21(26)17-7-5-16(6-8-17)14-27-19-11-9-18(22)10-12-19/h2-13H,14H2,1H3,(H,25,26)/b24-15+. The number of carbonyl (C=O) groups excluding carboxylic acids is 1. The Morgan fingerprint density at radius 2 is 1.81 bits per heavy atom. The largest absolute Gasteiger partial charge is 0.489 e. The summed E-state index contributed by atoms with van der Waals surface area (Å²) >= 11 is 5.85. The second kappa shape index (κ2) is 8.96. The maximum atomic E-state index is 12.2. The second-order valence-corrected chi connectivity index (χ2v) is 6.23. The van der Waals surface area contributed by atoms with Gasteiger partial charge in [0.2, 0.25) is 0 Å². The predicted octanol–water partition coefficient (Wildman–Crippen LogP) is 4.47. The molecule has 0 aliphatic rings. The third-order valence-electron chi connectivity index (χ3n) is 3.80. The van der Waals surface area contributed by atoms with Crippen LogP contribution >= 0.6 is 11.6 Å². The van der Waals surface area contributed by atoms with Gasteiger partial charge in [0, 0.05) is 16.8 Å². The number of hydrogen-bond acceptors (Lipinski definition) is 4. The number of hydrogen-bond donors (Lipinski definition) is 1. The van der Waals surface area contributed by atoms with Gasteiger partial charge in [0.1, 0.15) is 12.4 Å². The third kappa shape index (κ3) is 5.39. The van der Waals surface area contributed by atoms with E-state index in [-0.39, 0.29) is 5.91 Å². The van der Waals surface area contributed by atoms with Crippen molar-refractivity contribution in [1.29, 1.82) is 0 Å². The molecule has 3 aromatic rings. The first-order valence-corrected chi connectivity index (χ1v) is 8.73. The number of benzene rings is 2. The van der Waals surface area contributed by atoms with Gasteiger partial charge in [0.15, 0.2) is 0 Å². The molecule has 2 aromatic carbocycles. The van der Waals surface area contributed by atoms with Gasteiger partial charge in [-0.3, -0.25) is 9.78 Å². The number of carbonyl (C=O) groups is 1. The van der Waals surface area contributed by atoms with Crippen molar-refractivity contribution >= 4 is 23.2 Å². The van der Waals surface area contributed by atoms with Crippen molar-refractivity contribution in [3.63, 3.8) is 0 Å². The molecule has 1 aromatic heterocycles. The maximum Gasteiger partial charge on any atom is 0.271 e. The molecule has 0 unspecified atom stereocenters. The highest BCUT2D eigenvalue weighted by molar-refractivity contribution is 6.30. The minimum atomic E-state index is -0.282. The molecular formula is C21H18ClN3O2. The van der Waals surface area contributed by atoms with Crippen LogP contribution in [-0.2, 0) is 6.61 Å². The Morgan fingerprint density at radius 1 is 1.07 bits per heavy atom. The summed E-state index contributed by atoms with van der Waals surface area (Å²) in [5, 5.41) is 4.76. The number of ether oxygens (including phenoxy) is 1.